The van der Waals surface area contributed by atoms with Crippen LogP contribution in [0.4, 0.5) is 11.5 Å². The minimum atomic E-state index is -0.487. The zero-order valence-electron chi connectivity index (χ0n) is 12.7. The summed E-state index contributed by atoms with van der Waals surface area (Å²) in [4.78, 5) is 14.1. The van der Waals surface area contributed by atoms with Crippen molar-refractivity contribution < 1.29 is 4.92 Å². The third kappa shape index (κ3) is 2.76. The van der Waals surface area contributed by atoms with Crippen molar-refractivity contribution in [2.75, 3.05) is 5.43 Å². The first-order chi connectivity index (χ1) is 11.1. The molecule has 116 valence electrons. The van der Waals surface area contributed by atoms with E-state index in [-0.39, 0.29) is 5.69 Å². The fraction of sp³-hybridized carbons (Fsp3) is 0.125. The topological polar surface area (TPSA) is 85.3 Å². The van der Waals surface area contributed by atoms with Gasteiger partial charge in [-0.25, -0.2) is 4.98 Å². The van der Waals surface area contributed by atoms with Crippen molar-refractivity contribution >= 4 is 28.6 Å². The summed E-state index contributed by atoms with van der Waals surface area (Å²) in [7, 11) is 2.01. The van der Waals surface area contributed by atoms with E-state index in [1.54, 1.807) is 6.21 Å². The van der Waals surface area contributed by atoms with Crippen LogP contribution in [0.5, 0.6) is 0 Å². The summed E-state index contributed by atoms with van der Waals surface area (Å²) in [5.41, 5.74) is 6.00. The van der Waals surface area contributed by atoms with Gasteiger partial charge in [-0.3, -0.25) is 15.5 Å². The van der Waals surface area contributed by atoms with Crippen molar-refractivity contribution in [2.45, 2.75) is 6.92 Å². The highest BCUT2D eigenvalue weighted by Gasteiger charge is 2.09. The van der Waals surface area contributed by atoms with Gasteiger partial charge in [-0.2, -0.15) is 5.10 Å². The number of rotatable bonds is 4. The lowest BCUT2D eigenvalue weighted by Crippen LogP contribution is -1.96. The number of nitrogens with one attached hydrogen (secondary N) is 1. The Morgan fingerprint density at radius 1 is 1.30 bits per heavy atom. The monoisotopic (exact) mass is 309 g/mol. The number of fused-ring (bicyclic) bond motifs is 1. The first-order valence-corrected chi connectivity index (χ1v) is 7.01. The van der Waals surface area contributed by atoms with Crippen LogP contribution in [0.3, 0.4) is 0 Å². The zero-order chi connectivity index (χ0) is 16.4. The van der Waals surface area contributed by atoms with E-state index in [4.69, 9.17) is 0 Å². The fourth-order valence-corrected chi connectivity index (χ4v) is 2.44. The normalized spacial score (nSPS) is 11.2. The molecule has 3 rings (SSSR count). The highest BCUT2D eigenvalue weighted by Crippen LogP contribution is 2.23. The SMILES string of the molecule is Cc1c(/C=N/Nc2ccc([N+](=O)[O-])cn2)c2ccccc2n1C. The summed E-state index contributed by atoms with van der Waals surface area (Å²) in [5, 5.41) is 15.9. The summed E-state index contributed by atoms with van der Waals surface area (Å²) in [6.07, 6.45) is 2.93. The van der Waals surface area contributed by atoms with Crippen molar-refractivity contribution in [3.05, 3.63) is 64.0 Å². The maximum absolute atomic E-state index is 10.6. The van der Waals surface area contributed by atoms with Gasteiger partial charge in [-0.15, -0.1) is 0 Å². The molecule has 0 unspecified atom stereocenters. The van der Waals surface area contributed by atoms with Crippen molar-refractivity contribution in [3.8, 4) is 0 Å². The molecule has 0 radical (unpaired) electrons. The molecular weight excluding hydrogens is 294 g/mol. The fourth-order valence-electron chi connectivity index (χ4n) is 2.44. The van der Waals surface area contributed by atoms with Gasteiger partial charge in [0.05, 0.1) is 11.1 Å². The Morgan fingerprint density at radius 3 is 2.78 bits per heavy atom. The molecule has 0 atom stereocenters. The van der Waals surface area contributed by atoms with Crippen LogP contribution in [-0.4, -0.2) is 20.7 Å². The molecule has 0 aliphatic carbocycles. The summed E-state index contributed by atoms with van der Waals surface area (Å²) in [6.45, 7) is 2.03. The Balaban J connectivity index is 1.83. The van der Waals surface area contributed by atoms with E-state index < -0.39 is 4.92 Å². The molecule has 1 N–H and O–H groups in total. The Labute approximate surface area is 132 Å². The molecule has 0 saturated heterocycles. The van der Waals surface area contributed by atoms with E-state index in [1.807, 2.05) is 32.2 Å². The number of pyridine rings is 1. The molecule has 0 bridgehead atoms. The smallest absolute Gasteiger partial charge is 0.287 e. The van der Waals surface area contributed by atoms with Crippen LogP contribution in [0.1, 0.15) is 11.3 Å². The second-order valence-electron chi connectivity index (χ2n) is 5.10. The summed E-state index contributed by atoms with van der Waals surface area (Å²) >= 11 is 0. The van der Waals surface area contributed by atoms with Crippen molar-refractivity contribution in [2.24, 2.45) is 12.1 Å². The number of hydrogen-bond donors (Lipinski definition) is 1. The second-order valence-corrected chi connectivity index (χ2v) is 5.10. The molecule has 3 aromatic rings. The van der Waals surface area contributed by atoms with Crippen LogP contribution in [0.15, 0.2) is 47.7 Å². The van der Waals surface area contributed by atoms with E-state index in [9.17, 15) is 10.1 Å². The zero-order valence-corrected chi connectivity index (χ0v) is 12.7. The Bertz CT molecular complexity index is 897. The highest BCUT2D eigenvalue weighted by molar-refractivity contribution is 6.01. The number of benzene rings is 1. The number of anilines is 1. The molecule has 0 spiro atoms. The van der Waals surface area contributed by atoms with Crippen molar-refractivity contribution in [1.29, 1.82) is 0 Å². The van der Waals surface area contributed by atoms with Gasteiger partial charge in [0.1, 0.15) is 12.0 Å². The number of hydrazone groups is 1. The largest absolute Gasteiger partial charge is 0.347 e. The van der Waals surface area contributed by atoms with Gasteiger partial charge in [0, 0.05) is 35.3 Å². The third-order valence-electron chi connectivity index (χ3n) is 3.78. The predicted octanol–water partition coefficient (Wildman–Crippen LogP) is 3.24. The second kappa shape index (κ2) is 5.88. The molecule has 0 aliphatic rings. The molecule has 7 nitrogen and oxygen atoms in total. The lowest BCUT2D eigenvalue weighted by molar-refractivity contribution is -0.385. The Kier molecular flexibility index (Phi) is 3.76. The van der Waals surface area contributed by atoms with Gasteiger partial charge >= 0.3 is 0 Å². The Hall–Kier alpha value is -3.22. The van der Waals surface area contributed by atoms with E-state index in [1.165, 1.54) is 18.3 Å². The minimum Gasteiger partial charge on any atom is -0.347 e. The average molecular weight is 309 g/mol. The molecule has 1 aromatic carbocycles. The number of aromatic nitrogens is 2. The first kappa shape index (κ1) is 14.7. The van der Waals surface area contributed by atoms with E-state index >= 15 is 0 Å². The van der Waals surface area contributed by atoms with Gasteiger partial charge in [0.2, 0.25) is 0 Å². The van der Waals surface area contributed by atoms with E-state index in [2.05, 4.69) is 26.1 Å². The van der Waals surface area contributed by atoms with Crippen LogP contribution in [0.25, 0.3) is 10.9 Å². The van der Waals surface area contributed by atoms with Crippen LogP contribution in [-0.2, 0) is 7.05 Å². The lowest BCUT2D eigenvalue weighted by Gasteiger charge is -1.99. The van der Waals surface area contributed by atoms with Crippen LogP contribution in [0, 0.1) is 17.0 Å². The van der Waals surface area contributed by atoms with Crippen molar-refractivity contribution in [1.82, 2.24) is 9.55 Å². The van der Waals surface area contributed by atoms with Crippen molar-refractivity contribution in [3.63, 3.8) is 0 Å². The molecule has 7 heteroatoms. The number of nitrogens with zero attached hydrogens (tertiary/aromatic N) is 4. The quantitative estimate of drug-likeness (QED) is 0.455. The maximum Gasteiger partial charge on any atom is 0.287 e. The van der Waals surface area contributed by atoms with Gasteiger partial charge in [0.15, 0.2) is 0 Å². The maximum atomic E-state index is 10.6. The van der Waals surface area contributed by atoms with Gasteiger partial charge < -0.3 is 4.57 Å². The van der Waals surface area contributed by atoms with Crippen LogP contribution in [0.2, 0.25) is 0 Å². The number of nitro groups is 1. The molecule has 0 fully saturated rings. The molecular formula is C16H15N5O2. The number of para-hydroxylation sites is 1. The molecule has 23 heavy (non-hydrogen) atoms. The van der Waals surface area contributed by atoms with Gasteiger partial charge in [-0.1, -0.05) is 18.2 Å². The van der Waals surface area contributed by atoms with Gasteiger partial charge in [0.25, 0.3) is 5.69 Å². The third-order valence-corrected chi connectivity index (χ3v) is 3.78. The standard InChI is InChI=1S/C16H15N5O2/c1-11-14(13-5-3-4-6-15(13)20(11)2)10-18-19-16-8-7-12(9-17-16)21(22)23/h3-10H,1-2H3,(H,17,19)/b18-10+. The number of hydrogen-bond acceptors (Lipinski definition) is 5. The highest BCUT2D eigenvalue weighted by atomic mass is 16.6. The van der Waals surface area contributed by atoms with E-state index in [0.29, 0.717) is 5.82 Å². The molecule has 2 aromatic heterocycles. The lowest BCUT2D eigenvalue weighted by atomic mass is 10.1. The predicted molar refractivity (Wildman–Crippen MR) is 89.8 cm³/mol. The van der Waals surface area contributed by atoms with Gasteiger partial charge in [-0.05, 0) is 19.1 Å². The Morgan fingerprint density at radius 2 is 2.09 bits per heavy atom. The molecule has 0 amide bonds. The molecule has 2 heterocycles. The average Bonchev–Trinajstić information content (AvgIpc) is 2.81. The van der Waals surface area contributed by atoms with Crippen LogP contribution >= 0.6 is 0 Å². The number of aryl methyl sites for hydroxylation is 1. The molecule has 0 saturated carbocycles. The summed E-state index contributed by atoms with van der Waals surface area (Å²) < 4.78 is 2.11. The van der Waals surface area contributed by atoms with E-state index in [0.717, 1.165) is 22.2 Å². The summed E-state index contributed by atoms with van der Waals surface area (Å²) in [5.74, 6) is 0.449. The molecule has 0 aliphatic heterocycles. The first-order valence-electron chi connectivity index (χ1n) is 7.01. The van der Waals surface area contributed by atoms with Crippen LogP contribution < -0.4 is 5.43 Å². The summed E-state index contributed by atoms with van der Waals surface area (Å²) in [6, 6.07) is 11.0. The minimum absolute atomic E-state index is 0.0515.